The monoisotopic (exact) mass is 320 g/mol. The van der Waals surface area contributed by atoms with Gasteiger partial charge >= 0.3 is 0 Å². The molecule has 0 spiro atoms. The molecular formula is C15H13ClN2O2S. The Morgan fingerprint density at radius 2 is 1.76 bits per heavy atom. The molecule has 0 N–H and O–H groups in total. The fraction of sp³-hybridized carbons (Fsp3) is 0.133. The van der Waals surface area contributed by atoms with E-state index in [9.17, 15) is 8.42 Å². The number of sulfonamides is 1. The van der Waals surface area contributed by atoms with E-state index in [1.54, 1.807) is 18.2 Å². The van der Waals surface area contributed by atoms with Gasteiger partial charge in [-0.05, 0) is 35.9 Å². The van der Waals surface area contributed by atoms with Crippen molar-refractivity contribution in [1.29, 1.82) is 5.26 Å². The third kappa shape index (κ3) is 3.42. The van der Waals surface area contributed by atoms with Gasteiger partial charge < -0.3 is 0 Å². The van der Waals surface area contributed by atoms with Crippen LogP contribution in [0.15, 0.2) is 53.4 Å². The van der Waals surface area contributed by atoms with E-state index >= 15 is 0 Å². The molecule has 0 aromatic heterocycles. The quantitative estimate of drug-likeness (QED) is 0.870. The van der Waals surface area contributed by atoms with Crippen molar-refractivity contribution in [3.05, 3.63) is 64.7 Å². The van der Waals surface area contributed by atoms with Crippen molar-refractivity contribution in [3.63, 3.8) is 0 Å². The summed E-state index contributed by atoms with van der Waals surface area (Å²) in [6.45, 7) is 0.183. The number of hydrogen-bond donors (Lipinski definition) is 0. The highest BCUT2D eigenvalue weighted by Crippen LogP contribution is 2.21. The Morgan fingerprint density at radius 1 is 1.14 bits per heavy atom. The van der Waals surface area contributed by atoms with E-state index in [0.717, 1.165) is 5.56 Å². The summed E-state index contributed by atoms with van der Waals surface area (Å²) in [7, 11) is -2.12. The molecule has 108 valence electrons. The first-order valence-corrected chi connectivity index (χ1v) is 7.97. The van der Waals surface area contributed by atoms with Crippen LogP contribution < -0.4 is 0 Å². The lowest BCUT2D eigenvalue weighted by Crippen LogP contribution is -2.26. The Bertz CT molecular complexity index is 780. The topological polar surface area (TPSA) is 61.2 Å². The van der Waals surface area contributed by atoms with Crippen molar-refractivity contribution in [2.45, 2.75) is 11.4 Å². The molecule has 2 aromatic carbocycles. The van der Waals surface area contributed by atoms with Crippen LogP contribution in [0.25, 0.3) is 0 Å². The SMILES string of the molecule is CN(Cc1ccccc1Cl)S(=O)(=O)c1ccc(C#N)cc1. The van der Waals surface area contributed by atoms with Gasteiger partial charge in [0.05, 0.1) is 16.5 Å². The number of hydrogen-bond acceptors (Lipinski definition) is 3. The van der Waals surface area contributed by atoms with E-state index in [1.807, 2.05) is 12.1 Å². The predicted molar refractivity (Wildman–Crippen MR) is 81.3 cm³/mol. The average Bonchev–Trinajstić information content (AvgIpc) is 2.49. The minimum Gasteiger partial charge on any atom is -0.207 e. The predicted octanol–water partition coefficient (Wildman–Crippen LogP) is 3.03. The van der Waals surface area contributed by atoms with Crippen LogP contribution in [0, 0.1) is 11.3 Å². The Kier molecular flexibility index (Phi) is 4.63. The molecule has 0 fully saturated rings. The first kappa shape index (κ1) is 15.5. The van der Waals surface area contributed by atoms with Gasteiger partial charge in [-0.3, -0.25) is 0 Å². The molecule has 0 saturated heterocycles. The smallest absolute Gasteiger partial charge is 0.207 e. The molecule has 0 atom stereocenters. The van der Waals surface area contributed by atoms with Crippen LogP contribution >= 0.6 is 11.6 Å². The fourth-order valence-electron chi connectivity index (χ4n) is 1.83. The standard InChI is InChI=1S/C15H13ClN2O2S/c1-18(11-13-4-2-3-5-15(13)16)21(19,20)14-8-6-12(10-17)7-9-14/h2-9H,11H2,1H3. The molecule has 2 aromatic rings. The second-order valence-corrected chi connectivity index (χ2v) is 6.94. The lowest BCUT2D eigenvalue weighted by Gasteiger charge is -2.18. The van der Waals surface area contributed by atoms with Crippen LogP contribution in [0.4, 0.5) is 0 Å². The molecule has 0 heterocycles. The highest BCUT2D eigenvalue weighted by atomic mass is 35.5. The summed E-state index contributed by atoms with van der Waals surface area (Å²) in [5.41, 5.74) is 1.15. The Hall–Kier alpha value is -1.87. The van der Waals surface area contributed by atoms with Crippen molar-refractivity contribution in [2.75, 3.05) is 7.05 Å². The zero-order chi connectivity index (χ0) is 15.5. The van der Waals surface area contributed by atoms with Crippen LogP contribution in [0.3, 0.4) is 0 Å². The molecule has 0 amide bonds. The van der Waals surface area contributed by atoms with Crippen molar-refractivity contribution in [1.82, 2.24) is 4.31 Å². The van der Waals surface area contributed by atoms with Gasteiger partial charge in [0.1, 0.15) is 0 Å². The summed E-state index contributed by atoms with van der Waals surface area (Å²) in [6, 6.07) is 14.9. The van der Waals surface area contributed by atoms with Gasteiger partial charge in [-0.1, -0.05) is 29.8 Å². The first-order valence-electron chi connectivity index (χ1n) is 6.15. The lowest BCUT2D eigenvalue weighted by atomic mass is 10.2. The molecule has 0 aliphatic rings. The molecule has 2 rings (SSSR count). The largest absolute Gasteiger partial charge is 0.243 e. The highest BCUT2D eigenvalue weighted by molar-refractivity contribution is 7.89. The molecule has 4 nitrogen and oxygen atoms in total. The third-order valence-corrected chi connectivity index (χ3v) is 5.23. The molecule has 0 aliphatic carbocycles. The van der Waals surface area contributed by atoms with Gasteiger partial charge in [-0.15, -0.1) is 0 Å². The number of nitriles is 1. The maximum absolute atomic E-state index is 12.4. The highest BCUT2D eigenvalue weighted by Gasteiger charge is 2.21. The Balaban J connectivity index is 2.26. The van der Waals surface area contributed by atoms with Gasteiger partial charge in [-0.2, -0.15) is 9.57 Å². The summed E-state index contributed by atoms with van der Waals surface area (Å²) in [6.07, 6.45) is 0. The molecular weight excluding hydrogens is 308 g/mol. The summed E-state index contributed by atoms with van der Waals surface area (Å²) >= 11 is 6.05. The maximum Gasteiger partial charge on any atom is 0.243 e. The van der Waals surface area contributed by atoms with Crippen molar-refractivity contribution >= 4 is 21.6 Å². The number of rotatable bonds is 4. The number of benzene rings is 2. The van der Waals surface area contributed by atoms with Crippen LogP contribution in [-0.2, 0) is 16.6 Å². The third-order valence-electron chi connectivity index (χ3n) is 3.04. The summed E-state index contributed by atoms with van der Waals surface area (Å²) in [5.74, 6) is 0. The lowest BCUT2D eigenvalue weighted by molar-refractivity contribution is 0.467. The molecule has 0 radical (unpaired) electrons. The molecule has 0 bridgehead atoms. The molecule has 0 unspecified atom stereocenters. The van der Waals surface area contributed by atoms with Gasteiger partial charge in [0.2, 0.25) is 10.0 Å². The maximum atomic E-state index is 12.4. The van der Waals surface area contributed by atoms with Crippen LogP contribution in [0.5, 0.6) is 0 Å². The Labute approximate surface area is 129 Å². The van der Waals surface area contributed by atoms with Gasteiger partial charge in [0.15, 0.2) is 0 Å². The Morgan fingerprint density at radius 3 is 2.33 bits per heavy atom. The summed E-state index contributed by atoms with van der Waals surface area (Å²) < 4.78 is 26.1. The minimum atomic E-state index is -3.61. The first-order chi connectivity index (χ1) is 9.95. The van der Waals surface area contributed by atoms with Gasteiger partial charge in [-0.25, -0.2) is 8.42 Å². The zero-order valence-corrected chi connectivity index (χ0v) is 12.9. The van der Waals surface area contributed by atoms with Crippen molar-refractivity contribution in [2.24, 2.45) is 0 Å². The molecule has 6 heteroatoms. The van der Waals surface area contributed by atoms with E-state index in [0.29, 0.717) is 10.6 Å². The van der Waals surface area contributed by atoms with Crippen LogP contribution in [-0.4, -0.2) is 19.8 Å². The second-order valence-electron chi connectivity index (χ2n) is 4.49. The molecule has 0 aliphatic heterocycles. The van der Waals surface area contributed by atoms with Crippen LogP contribution in [0.1, 0.15) is 11.1 Å². The van der Waals surface area contributed by atoms with Crippen molar-refractivity contribution in [3.8, 4) is 6.07 Å². The summed E-state index contributed by atoms with van der Waals surface area (Å²) in [5, 5.41) is 9.27. The molecule has 21 heavy (non-hydrogen) atoms. The fourth-order valence-corrected chi connectivity index (χ4v) is 3.18. The van der Waals surface area contributed by atoms with E-state index in [2.05, 4.69) is 0 Å². The zero-order valence-electron chi connectivity index (χ0n) is 11.3. The van der Waals surface area contributed by atoms with E-state index in [-0.39, 0.29) is 11.4 Å². The van der Waals surface area contributed by atoms with Gasteiger partial charge in [0, 0.05) is 18.6 Å². The van der Waals surface area contributed by atoms with Gasteiger partial charge in [0.25, 0.3) is 0 Å². The minimum absolute atomic E-state index is 0.149. The number of halogens is 1. The normalized spacial score (nSPS) is 11.3. The van der Waals surface area contributed by atoms with Crippen molar-refractivity contribution < 1.29 is 8.42 Å². The van der Waals surface area contributed by atoms with E-state index in [4.69, 9.17) is 16.9 Å². The number of nitrogens with zero attached hydrogens (tertiary/aromatic N) is 2. The molecule has 0 saturated carbocycles. The second kappa shape index (κ2) is 6.27. The summed E-state index contributed by atoms with van der Waals surface area (Å²) in [4.78, 5) is 0.149. The van der Waals surface area contributed by atoms with Crippen LogP contribution in [0.2, 0.25) is 5.02 Å². The van der Waals surface area contributed by atoms with E-state index < -0.39 is 10.0 Å². The van der Waals surface area contributed by atoms with E-state index in [1.165, 1.54) is 35.6 Å². The average molecular weight is 321 g/mol.